The second kappa shape index (κ2) is 7.96. The molecule has 2 aromatic rings. The largest absolute Gasteiger partial charge is 0.484 e. The standard InChI is InChI=1S/C17H16INO4/c1-11-14(17(21)22-2)4-3-5-15(11)19-16(20)10-23-13-8-6-12(18)7-9-13/h3-9H,10H2,1-2H3,(H,19,20). The van der Waals surface area contributed by atoms with Crippen molar-refractivity contribution >= 4 is 40.2 Å². The SMILES string of the molecule is COC(=O)c1cccc(NC(=O)COc2ccc(I)cc2)c1C. The van der Waals surface area contributed by atoms with E-state index in [1.165, 1.54) is 7.11 Å². The number of rotatable bonds is 5. The molecule has 5 nitrogen and oxygen atoms in total. The monoisotopic (exact) mass is 425 g/mol. The van der Waals surface area contributed by atoms with Crippen LogP contribution >= 0.6 is 22.6 Å². The first-order valence-electron chi connectivity index (χ1n) is 6.87. The van der Waals surface area contributed by atoms with Crippen molar-refractivity contribution in [2.45, 2.75) is 6.92 Å². The minimum absolute atomic E-state index is 0.109. The molecule has 0 spiro atoms. The molecule has 0 atom stereocenters. The lowest BCUT2D eigenvalue weighted by Gasteiger charge is -2.12. The summed E-state index contributed by atoms with van der Waals surface area (Å²) in [5.41, 5.74) is 1.63. The van der Waals surface area contributed by atoms with Gasteiger partial charge in [0.25, 0.3) is 5.91 Å². The maximum atomic E-state index is 12.0. The lowest BCUT2D eigenvalue weighted by Crippen LogP contribution is -2.21. The number of anilines is 1. The molecular weight excluding hydrogens is 409 g/mol. The zero-order chi connectivity index (χ0) is 16.8. The van der Waals surface area contributed by atoms with Crippen molar-refractivity contribution in [3.8, 4) is 5.75 Å². The topological polar surface area (TPSA) is 64.6 Å². The third-order valence-electron chi connectivity index (χ3n) is 3.20. The molecule has 0 fully saturated rings. The van der Waals surface area contributed by atoms with Gasteiger partial charge >= 0.3 is 5.97 Å². The molecule has 23 heavy (non-hydrogen) atoms. The number of ether oxygens (including phenoxy) is 2. The van der Waals surface area contributed by atoms with E-state index in [0.29, 0.717) is 22.6 Å². The van der Waals surface area contributed by atoms with Crippen LogP contribution in [0.15, 0.2) is 42.5 Å². The van der Waals surface area contributed by atoms with Crippen molar-refractivity contribution in [3.63, 3.8) is 0 Å². The fourth-order valence-corrected chi connectivity index (χ4v) is 2.33. The highest BCUT2D eigenvalue weighted by atomic mass is 127. The van der Waals surface area contributed by atoms with Crippen LogP contribution in [0.3, 0.4) is 0 Å². The van der Waals surface area contributed by atoms with Crippen molar-refractivity contribution in [1.29, 1.82) is 0 Å². The fourth-order valence-electron chi connectivity index (χ4n) is 1.97. The lowest BCUT2D eigenvalue weighted by atomic mass is 10.1. The number of hydrogen-bond donors (Lipinski definition) is 1. The first-order valence-corrected chi connectivity index (χ1v) is 7.95. The highest BCUT2D eigenvalue weighted by Gasteiger charge is 2.13. The summed E-state index contributed by atoms with van der Waals surface area (Å²) in [7, 11) is 1.32. The van der Waals surface area contributed by atoms with Crippen LogP contribution < -0.4 is 10.1 Å². The van der Waals surface area contributed by atoms with Crippen molar-refractivity contribution in [2.75, 3.05) is 19.0 Å². The summed E-state index contributed by atoms with van der Waals surface area (Å²) < 4.78 is 11.2. The van der Waals surface area contributed by atoms with Crippen LogP contribution in [0.4, 0.5) is 5.69 Å². The number of carbonyl (C=O) groups is 2. The van der Waals surface area contributed by atoms with Crippen molar-refractivity contribution < 1.29 is 19.1 Å². The summed E-state index contributed by atoms with van der Waals surface area (Å²) in [5, 5.41) is 2.74. The molecule has 2 rings (SSSR count). The van der Waals surface area contributed by atoms with Gasteiger partial charge in [-0.15, -0.1) is 0 Å². The highest BCUT2D eigenvalue weighted by molar-refractivity contribution is 14.1. The maximum absolute atomic E-state index is 12.0. The number of esters is 1. The summed E-state index contributed by atoms with van der Waals surface area (Å²) in [6, 6.07) is 12.5. The summed E-state index contributed by atoms with van der Waals surface area (Å²) in [6.45, 7) is 1.64. The van der Waals surface area contributed by atoms with Gasteiger partial charge in [-0.25, -0.2) is 4.79 Å². The van der Waals surface area contributed by atoms with E-state index in [1.807, 2.05) is 12.1 Å². The molecule has 0 radical (unpaired) electrons. The van der Waals surface area contributed by atoms with Gasteiger partial charge in [0.15, 0.2) is 6.61 Å². The third-order valence-corrected chi connectivity index (χ3v) is 3.92. The molecule has 120 valence electrons. The maximum Gasteiger partial charge on any atom is 0.338 e. The Morgan fingerprint density at radius 3 is 2.48 bits per heavy atom. The molecule has 6 heteroatoms. The van der Waals surface area contributed by atoms with E-state index in [0.717, 1.165) is 3.57 Å². The van der Waals surface area contributed by atoms with Gasteiger partial charge in [-0.3, -0.25) is 4.79 Å². The second-order valence-electron chi connectivity index (χ2n) is 4.76. The normalized spacial score (nSPS) is 10.0. The van der Waals surface area contributed by atoms with Crippen LogP contribution in [0.1, 0.15) is 15.9 Å². The van der Waals surface area contributed by atoms with Gasteiger partial charge in [-0.1, -0.05) is 6.07 Å². The smallest absolute Gasteiger partial charge is 0.338 e. The van der Waals surface area contributed by atoms with Gasteiger partial charge in [0.05, 0.1) is 12.7 Å². The highest BCUT2D eigenvalue weighted by Crippen LogP contribution is 2.20. The molecule has 2 aromatic carbocycles. The molecular formula is C17H16INO4. The van der Waals surface area contributed by atoms with Crippen molar-refractivity contribution in [1.82, 2.24) is 0 Å². The van der Waals surface area contributed by atoms with E-state index in [9.17, 15) is 9.59 Å². The summed E-state index contributed by atoms with van der Waals surface area (Å²) in [6.07, 6.45) is 0. The average molecular weight is 425 g/mol. The number of benzene rings is 2. The van der Waals surface area contributed by atoms with Crippen LogP contribution in [0.2, 0.25) is 0 Å². The number of halogens is 1. The number of amides is 1. The summed E-state index contributed by atoms with van der Waals surface area (Å²) in [4.78, 5) is 23.7. The Kier molecular flexibility index (Phi) is 5.97. The van der Waals surface area contributed by atoms with Crippen LogP contribution in [-0.2, 0) is 9.53 Å². The second-order valence-corrected chi connectivity index (χ2v) is 6.01. The minimum Gasteiger partial charge on any atom is -0.484 e. The molecule has 0 saturated carbocycles. The molecule has 0 heterocycles. The van der Waals surface area contributed by atoms with Gasteiger partial charge < -0.3 is 14.8 Å². The number of methoxy groups -OCH3 is 1. The minimum atomic E-state index is -0.436. The van der Waals surface area contributed by atoms with Crippen molar-refractivity contribution in [2.24, 2.45) is 0 Å². The van der Waals surface area contributed by atoms with E-state index in [4.69, 9.17) is 9.47 Å². The van der Waals surface area contributed by atoms with E-state index >= 15 is 0 Å². The van der Waals surface area contributed by atoms with E-state index in [2.05, 4.69) is 27.9 Å². The van der Waals surface area contributed by atoms with Crippen LogP contribution in [-0.4, -0.2) is 25.6 Å². The Morgan fingerprint density at radius 1 is 1.13 bits per heavy atom. The van der Waals surface area contributed by atoms with E-state index in [-0.39, 0.29) is 12.5 Å². The van der Waals surface area contributed by atoms with Gasteiger partial charge in [-0.2, -0.15) is 0 Å². The Labute approximate surface area is 148 Å². The molecule has 0 saturated heterocycles. The van der Waals surface area contributed by atoms with Gasteiger partial charge in [-0.05, 0) is 71.5 Å². The Hall–Kier alpha value is -2.09. The van der Waals surface area contributed by atoms with Crippen LogP contribution in [0.25, 0.3) is 0 Å². The number of nitrogens with one attached hydrogen (secondary N) is 1. The third kappa shape index (κ3) is 4.69. The zero-order valence-corrected chi connectivity index (χ0v) is 14.9. The van der Waals surface area contributed by atoms with Gasteiger partial charge in [0.2, 0.25) is 0 Å². The molecule has 0 aliphatic carbocycles. The molecule has 0 bridgehead atoms. The zero-order valence-electron chi connectivity index (χ0n) is 12.8. The van der Waals surface area contributed by atoms with E-state index in [1.54, 1.807) is 37.3 Å². The first kappa shape index (κ1) is 17.3. The summed E-state index contributed by atoms with van der Waals surface area (Å²) >= 11 is 2.20. The molecule has 1 N–H and O–H groups in total. The Balaban J connectivity index is 2.00. The van der Waals surface area contributed by atoms with Crippen LogP contribution in [0, 0.1) is 10.5 Å². The van der Waals surface area contributed by atoms with E-state index < -0.39 is 5.97 Å². The average Bonchev–Trinajstić information content (AvgIpc) is 2.55. The quantitative estimate of drug-likeness (QED) is 0.589. The van der Waals surface area contributed by atoms with Gasteiger partial charge in [0.1, 0.15) is 5.75 Å². The molecule has 0 aromatic heterocycles. The number of hydrogen-bond acceptors (Lipinski definition) is 4. The Bertz CT molecular complexity index is 713. The molecule has 1 amide bonds. The molecule has 0 aliphatic rings. The molecule has 0 aliphatic heterocycles. The van der Waals surface area contributed by atoms with Gasteiger partial charge in [0, 0.05) is 9.26 Å². The predicted octanol–water partition coefficient (Wildman–Crippen LogP) is 3.40. The fraction of sp³-hybridized carbons (Fsp3) is 0.176. The van der Waals surface area contributed by atoms with Crippen molar-refractivity contribution in [3.05, 3.63) is 57.2 Å². The molecule has 0 unspecified atom stereocenters. The predicted molar refractivity (Wildman–Crippen MR) is 95.8 cm³/mol. The summed E-state index contributed by atoms with van der Waals surface area (Å²) in [5.74, 6) is -0.108. The van der Waals surface area contributed by atoms with Crippen LogP contribution in [0.5, 0.6) is 5.75 Å². The lowest BCUT2D eigenvalue weighted by molar-refractivity contribution is -0.118. The first-order chi connectivity index (χ1) is 11.0. The Morgan fingerprint density at radius 2 is 1.83 bits per heavy atom. The number of carbonyl (C=O) groups excluding carboxylic acids is 2.